The lowest BCUT2D eigenvalue weighted by Gasteiger charge is -2.10. The lowest BCUT2D eigenvalue weighted by Crippen LogP contribution is -2.27. The van der Waals surface area contributed by atoms with E-state index in [-0.39, 0.29) is 12.2 Å². The molecule has 7 nitrogen and oxygen atoms in total. The molecule has 0 unspecified atom stereocenters. The molecule has 2 rings (SSSR count). The van der Waals surface area contributed by atoms with Crippen molar-refractivity contribution in [2.45, 2.75) is 13.8 Å². The van der Waals surface area contributed by atoms with Gasteiger partial charge in [-0.15, -0.1) is 0 Å². The van der Waals surface area contributed by atoms with E-state index in [1.54, 1.807) is 24.3 Å². The van der Waals surface area contributed by atoms with E-state index in [1.165, 1.54) is 13.2 Å². The highest BCUT2D eigenvalue weighted by Gasteiger charge is 2.10. The van der Waals surface area contributed by atoms with E-state index >= 15 is 0 Å². The average molecular weight is 408 g/mol. The Kier molecular flexibility index (Phi) is 8.60. The number of nitriles is 1. The van der Waals surface area contributed by atoms with Crippen LogP contribution >= 0.6 is 0 Å². The van der Waals surface area contributed by atoms with Crippen LogP contribution in [0.15, 0.2) is 48.0 Å². The second-order valence-electron chi connectivity index (χ2n) is 6.52. The van der Waals surface area contributed by atoms with Crippen LogP contribution in [0.25, 0.3) is 6.08 Å². The fourth-order valence-electron chi connectivity index (χ4n) is 2.47. The highest BCUT2D eigenvalue weighted by Crippen LogP contribution is 2.19. The van der Waals surface area contributed by atoms with Gasteiger partial charge in [0, 0.05) is 13.7 Å². The van der Waals surface area contributed by atoms with Crippen molar-refractivity contribution in [3.05, 3.63) is 64.7 Å². The van der Waals surface area contributed by atoms with Crippen LogP contribution in [0, 0.1) is 25.2 Å². The fourth-order valence-corrected chi connectivity index (χ4v) is 2.47. The van der Waals surface area contributed by atoms with Crippen LogP contribution in [0.4, 0.5) is 0 Å². The number of nitrogens with zero attached hydrogens (tertiary/aromatic N) is 1. The minimum atomic E-state index is -0.533. The number of hydrogen-bond donors (Lipinski definition) is 1. The van der Waals surface area contributed by atoms with Gasteiger partial charge in [0.15, 0.2) is 6.61 Å². The van der Waals surface area contributed by atoms with Gasteiger partial charge in [-0.25, -0.2) is 4.79 Å². The zero-order valence-electron chi connectivity index (χ0n) is 17.2. The van der Waals surface area contributed by atoms with Gasteiger partial charge >= 0.3 is 5.97 Å². The first-order valence-corrected chi connectivity index (χ1v) is 9.32. The maximum atomic E-state index is 12.0. The molecule has 0 saturated carbocycles. The summed E-state index contributed by atoms with van der Waals surface area (Å²) in [6.07, 6.45) is 1.46. The summed E-state index contributed by atoms with van der Waals surface area (Å²) in [5.74, 6) is -0.0342. The van der Waals surface area contributed by atoms with Crippen LogP contribution in [0.5, 0.6) is 11.5 Å². The number of methoxy groups -OCH3 is 1. The predicted molar refractivity (Wildman–Crippen MR) is 112 cm³/mol. The van der Waals surface area contributed by atoms with Gasteiger partial charge in [0.05, 0.1) is 6.61 Å². The number of aryl methyl sites for hydroxylation is 2. The highest BCUT2D eigenvalue weighted by atomic mass is 16.6. The van der Waals surface area contributed by atoms with Crippen molar-refractivity contribution in [2.24, 2.45) is 0 Å². The molecule has 2 aromatic carbocycles. The van der Waals surface area contributed by atoms with E-state index < -0.39 is 11.9 Å². The minimum Gasteiger partial charge on any atom is -0.482 e. The maximum Gasteiger partial charge on any atom is 0.349 e. The summed E-state index contributed by atoms with van der Waals surface area (Å²) in [5, 5.41) is 11.8. The predicted octanol–water partition coefficient (Wildman–Crippen LogP) is 2.96. The normalized spacial score (nSPS) is 10.8. The first kappa shape index (κ1) is 22.7. The Morgan fingerprint density at radius 2 is 1.87 bits per heavy atom. The van der Waals surface area contributed by atoms with Gasteiger partial charge < -0.3 is 19.5 Å². The smallest absolute Gasteiger partial charge is 0.349 e. The molecule has 0 heterocycles. The fraction of sp³-hybridized carbons (Fsp3) is 0.261. The van der Waals surface area contributed by atoms with Crippen LogP contribution < -0.4 is 14.8 Å². The van der Waals surface area contributed by atoms with Crippen LogP contribution in [-0.4, -0.2) is 38.7 Å². The molecule has 2 aromatic rings. The number of esters is 1. The van der Waals surface area contributed by atoms with Crippen molar-refractivity contribution in [1.29, 1.82) is 5.26 Å². The summed E-state index contributed by atoms with van der Waals surface area (Å²) in [6.45, 7) is 4.30. The Hall–Kier alpha value is -3.63. The Labute approximate surface area is 175 Å². The number of carbonyl (C=O) groups is 2. The molecule has 1 amide bonds. The molecule has 0 bridgehead atoms. The SMILES string of the molecule is COCCNC(=O)/C(C#N)=C/c1ccc(OC(=O)COc2cc(C)ccc2C)cc1. The van der Waals surface area contributed by atoms with Crippen LogP contribution in [0.1, 0.15) is 16.7 Å². The first-order valence-electron chi connectivity index (χ1n) is 9.32. The van der Waals surface area contributed by atoms with Crippen LogP contribution in [0.2, 0.25) is 0 Å². The molecule has 30 heavy (non-hydrogen) atoms. The molecule has 0 aliphatic rings. The number of carbonyl (C=O) groups excluding carboxylic acids is 2. The highest BCUT2D eigenvalue weighted by molar-refractivity contribution is 6.01. The molecule has 0 atom stereocenters. The van der Waals surface area contributed by atoms with Crippen LogP contribution in [-0.2, 0) is 14.3 Å². The van der Waals surface area contributed by atoms with Crippen molar-refractivity contribution < 1.29 is 23.8 Å². The van der Waals surface area contributed by atoms with E-state index in [0.717, 1.165) is 11.1 Å². The molecule has 0 fully saturated rings. The molecule has 0 radical (unpaired) electrons. The Morgan fingerprint density at radius 1 is 1.13 bits per heavy atom. The number of hydrogen-bond acceptors (Lipinski definition) is 6. The molecule has 156 valence electrons. The Balaban J connectivity index is 1.93. The monoisotopic (exact) mass is 408 g/mol. The molecule has 0 saturated heterocycles. The quantitative estimate of drug-likeness (QED) is 0.225. The minimum absolute atomic E-state index is 0.0298. The van der Waals surface area contributed by atoms with Crippen LogP contribution in [0.3, 0.4) is 0 Å². The van der Waals surface area contributed by atoms with E-state index in [9.17, 15) is 14.9 Å². The van der Waals surface area contributed by atoms with Gasteiger partial charge in [-0.3, -0.25) is 4.79 Å². The van der Waals surface area contributed by atoms with Crippen molar-refractivity contribution in [3.8, 4) is 17.6 Å². The molecule has 0 aliphatic carbocycles. The largest absolute Gasteiger partial charge is 0.482 e. The summed E-state index contributed by atoms with van der Waals surface area (Å²) < 4.78 is 15.7. The van der Waals surface area contributed by atoms with E-state index in [1.807, 2.05) is 38.1 Å². The summed E-state index contributed by atoms with van der Waals surface area (Å²) in [4.78, 5) is 24.0. The molecule has 7 heteroatoms. The summed E-state index contributed by atoms with van der Waals surface area (Å²) >= 11 is 0. The molecule has 1 N–H and O–H groups in total. The standard InChI is InChI=1S/C23H24N2O5/c1-16-4-5-17(2)21(12-16)29-15-22(26)30-20-8-6-18(7-9-20)13-19(14-24)23(27)25-10-11-28-3/h4-9,12-13H,10-11,15H2,1-3H3,(H,25,27)/b19-13+. The number of benzene rings is 2. The lowest BCUT2D eigenvalue weighted by molar-refractivity contribution is -0.136. The summed E-state index contributed by atoms with van der Waals surface area (Å²) in [7, 11) is 1.53. The number of rotatable bonds is 9. The number of amides is 1. The average Bonchev–Trinajstić information content (AvgIpc) is 2.74. The van der Waals surface area contributed by atoms with Gasteiger partial charge in [-0.2, -0.15) is 5.26 Å². The summed E-state index contributed by atoms with van der Waals surface area (Å²) in [6, 6.07) is 14.1. The second-order valence-corrected chi connectivity index (χ2v) is 6.52. The van der Waals surface area contributed by atoms with Crippen molar-refractivity contribution >= 4 is 18.0 Å². The molecule has 0 aromatic heterocycles. The second kappa shape index (κ2) is 11.4. The molecule has 0 aliphatic heterocycles. The summed E-state index contributed by atoms with van der Waals surface area (Å²) in [5.41, 5.74) is 2.57. The van der Waals surface area contributed by atoms with E-state index in [4.69, 9.17) is 14.2 Å². The maximum absolute atomic E-state index is 12.0. The lowest BCUT2D eigenvalue weighted by atomic mass is 10.1. The Morgan fingerprint density at radius 3 is 2.53 bits per heavy atom. The Bertz CT molecular complexity index is 959. The number of nitrogens with one attached hydrogen (secondary N) is 1. The zero-order chi connectivity index (χ0) is 21.9. The third-order valence-corrected chi connectivity index (χ3v) is 4.07. The third-order valence-electron chi connectivity index (χ3n) is 4.07. The van der Waals surface area contributed by atoms with Gasteiger partial charge in [0.1, 0.15) is 23.1 Å². The van der Waals surface area contributed by atoms with Gasteiger partial charge in [-0.05, 0) is 54.8 Å². The topological polar surface area (TPSA) is 97.6 Å². The van der Waals surface area contributed by atoms with Gasteiger partial charge in [0.2, 0.25) is 0 Å². The molecular formula is C23H24N2O5. The first-order chi connectivity index (χ1) is 14.4. The van der Waals surface area contributed by atoms with Gasteiger partial charge in [0.25, 0.3) is 5.91 Å². The third kappa shape index (κ3) is 7.08. The van der Waals surface area contributed by atoms with Crippen molar-refractivity contribution in [3.63, 3.8) is 0 Å². The van der Waals surface area contributed by atoms with E-state index in [2.05, 4.69) is 5.32 Å². The van der Waals surface area contributed by atoms with E-state index in [0.29, 0.717) is 30.2 Å². The molecular weight excluding hydrogens is 384 g/mol. The van der Waals surface area contributed by atoms with Crippen molar-refractivity contribution in [1.82, 2.24) is 5.32 Å². The molecule has 0 spiro atoms. The van der Waals surface area contributed by atoms with Gasteiger partial charge in [-0.1, -0.05) is 24.3 Å². The number of ether oxygens (including phenoxy) is 3. The zero-order valence-corrected chi connectivity index (χ0v) is 17.2. The van der Waals surface area contributed by atoms with Crippen molar-refractivity contribution in [2.75, 3.05) is 26.9 Å².